The van der Waals surface area contributed by atoms with Gasteiger partial charge in [-0.2, -0.15) is 0 Å². The van der Waals surface area contributed by atoms with Crippen molar-refractivity contribution in [2.45, 2.75) is 39.2 Å². The molecule has 0 radical (unpaired) electrons. The van der Waals surface area contributed by atoms with E-state index in [2.05, 4.69) is 52.7 Å². The number of nitrogens with zero attached hydrogens (tertiary/aromatic N) is 1. The summed E-state index contributed by atoms with van der Waals surface area (Å²) in [5, 5.41) is 3.37. The van der Waals surface area contributed by atoms with Crippen LogP contribution in [0.15, 0.2) is 18.2 Å². The van der Waals surface area contributed by atoms with Gasteiger partial charge < -0.3 is 10.2 Å². The van der Waals surface area contributed by atoms with Gasteiger partial charge in [0.1, 0.15) is 0 Å². The Balaban J connectivity index is 0.00000220. The topological polar surface area (TPSA) is 32.3 Å². The number of aryl methyl sites for hydroxylation is 1. The third-order valence-corrected chi connectivity index (χ3v) is 5.33. The fourth-order valence-corrected chi connectivity index (χ4v) is 3.37. The highest BCUT2D eigenvalue weighted by Gasteiger charge is 2.26. The molecule has 3 nitrogen and oxygen atoms in total. The molecule has 0 bridgehead atoms. The molecule has 1 aromatic rings. The molecule has 1 saturated heterocycles. The molecule has 0 atom stereocenters. The van der Waals surface area contributed by atoms with Crippen molar-refractivity contribution in [1.82, 2.24) is 10.2 Å². The lowest BCUT2D eigenvalue weighted by atomic mass is 10.0. The second kappa shape index (κ2) is 8.96. The average Bonchev–Trinajstić information content (AvgIpc) is 2.48. The normalized spacial score (nSPS) is 15.4. The number of carbonyl (C=O) groups excluding carboxylic acids is 1. The first-order chi connectivity index (χ1) is 9.65. The molecule has 1 aliphatic rings. The number of piperidine rings is 1. The number of nitrogens with one attached hydrogen (secondary N) is 1. The molecule has 1 amide bonds. The number of amides is 1. The second-order valence-electron chi connectivity index (χ2n) is 5.42. The van der Waals surface area contributed by atoms with Crippen molar-refractivity contribution in [3.05, 3.63) is 32.9 Å². The minimum absolute atomic E-state index is 0. The minimum Gasteiger partial charge on any atom is -0.336 e. The van der Waals surface area contributed by atoms with Gasteiger partial charge in [0.15, 0.2) is 0 Å². The number of hydrogen-bond donors (Lipinski definition) is 1. The zero-order valence-corrected chi connectivity index (χ0v) is 15.7. The molecule has 5 heteroatoms. The van der Waals surface area contributed by atoms with Crippen LogP contribution in [0.4, 0.5) is 0 Å². The van der Waals surface area contributed by atoms with E-state index in [1.54, 1.807) is 0 Å². The fraction of sp³-hybridized carbons (Fsp3) is 0.562. The Labute approximate surface area is 147 Å². The van der Waals surface area contributed by atoms with Crippen LogP contribution in [0.5, 0.6) is 0 Å². The summed E-state index contributed by atoms with van der Waals surface area (Å²) in [5.41, 5.74) is 2.04. The van der Waals surface area contributed by atoms with Gasteiger partial charge in [0, 0.05) is 16.2 Å². The standard InChI is InChI=1S/C16H23IN2O.ClH/c1-3-11-19(13-7-9-18-10-8-13)16(20)14-6-4-5-12(2)15(14)17;/h4-6,13,18H,3,7-11H2,1-2H3;1H. The molecule has 0 aromatic heterocycles. The van der Waals surface area contributed by atoms with E-state index in [1.165, 1.54) is 5.56 Å². The third kappa shape index (κ3) is 4.57. The molecule has 1 N–H and O–H groups in total. The van der Waals surface area contributed by atoms with E-state index in [0.29, 0.717) is 6.04 Å². The van der Waals surface area contributed by atoms with Crippen molar-refractivity contribution in [1.29, 1.82) is 0 Å². The van der Waals surface area contributed by atoms with Gasteiger partial charge in [0.05, 0.1) is 5.56 Å². The van der Waals surface area contributed by atoms with Crippen molar-refractivity contribution >= 4 is 40.9 Å². The highest BCUT2D eigenvalue weighted by atomic mass is 127. The first-order valence-electron chi connectivity index (χ1n) is 7.42. The van der Waals surface area contributed by atoms with Crippen LogP contribution in [0.1, 0.15) is 42.1 Å². The van der Waals surface area contributed by atoms with Crippen LogP contribution in [0, 0.1) is 10.5 Å². The molecule has 0 spiro atoms. The van der Waals surface area contributed by atoms with Crippen LogP contribution in [0.3, 0.4) is 0 Å². The highest BCUT2D eigenvalue weighted by Crippen LogP contribution is 2.22. The van der Waals surface area contributed by atoms with Gasteiger partial charge in [0.2, 0.25) is 0 Å². The van der Waals surface area contributed by atoms with Crippen LogP contribution in [0.25, 0.3) is 0 Å². The maximum absolute atomic E-state index is 12.9. The lowest BCUT2D eigenvalue weighted by Gasteiger charge is -2.35. The number of halogens is 2. The van der Waals surface area contributed by atoms with E-state index in [4.69, 9.17) is 0 Å². The summed E-state index contributed by atoms with van der Waals surface area (Å²) in [6, 6.07) is 6.39. The quantitative estimate of drug-likeness (QED) is 0.752. The number of carbonyl (C=O) groups is 1. The summed E-state index contributed by atoms with van der Waals surface area (Å²) >= 11 is 2.29. The Morgan fingerprint density at radius 2 is 2.05 bits per heavy atom. The third-order valence-electron chi connectivity index (χ3n) is 3.90. The predicted molar refractivity (Wildman–Crippen MR) is 98.4 cm³/mol. The minimum atomic E-state index is 0. The first kappa shape index (κ1) is 18.7. The van der Waals surface area contributed by atoms with Gasteiger partial charge in [-0.1, -0.05) is 19.1 Å². The molecule has 0 unspecified atom stereocenters. The van der Waals surface area contributed by atoms with E-state index in [0.717, 1.165) is 48.0 Å². The van der Waals surface area contributed by atoms with Crippen LogP contribution in [-0.2, 0) is 0 Å². The highest BCUT2D eigenvalue weighted by molar-refractivity contribution is 14.1. The predicted octanol–water partition coefficient (Wildman–Crippen LogP) is 3.63. The molecule has 118 valence electrons. The van der Waals surface area contributed by atoms with Gasteiger partial charge in [-0.05, 0) is 73.5 Å². The average molecular weight is 423 g/mol. The molecule has 1 fully saturated rings. The zero-order chi connectivity index (χ0) is 14.5. The smallest absolute Gasteiger partial charge is 0.255 e. The number of rotatable bonds is 4. The molecule has 1 aliphatic heterocycles. The second-order valence-corrected chi connectivity index (χ2v) is 6.49. The SMILES string of the molecule is CCCN(C(=O)c1cccc(C)c1I)C1CCNCC1.Cl. The maximum Gasteiger partial charge on any atom is 0.255 e. The molecular weight excluding hydrogens is 399 g/mol. The molecule has 2 rings (SSSR count). The monoisotopic (exact) mass is 422 g/mol. The summed E-state index contributed by atoms with van der Waals surface area (Å²) < 4.78 is 1.09. The van der Waals surface area contributed by atoms with Crippen LogP contribution < -0.4 is 5.32 Å². The molecule has 1 aromatic carbocycles. The van der Waals surface area contributed by atoms with E-state index in [9.17, 15) is 4.79 Å². The van der Waals surface area contributed by atoms with E-state index < -0.39 is 0 Å². The van der Waals surface area contributed by atoms with Gasteiger partial charge in [-0.15, -0.1) is 12.4 Å². The van der Waals surface area contributed by atoms with Gasteiger partial charge in [-0.3, -0.25) is 4.79 Å². The van der Waals surface area contributed by atoms with Crippen LogP contribution in [-0.4, -0.2) is 36.5 Å². The lowest BCUT2D eigenvalue weighted by Crippen LogP contribution is -2.46. The Hall–Kier alpha value is -0.330. The molecular formula is C16H24ClIN2O. The lowest BCUT2D eigenvalue weighted by molar-refractivity contribution is 0.0641. The van der Waals surface area contributed by atoms with Crippen molar-refractivity contribution in [2.75, 3.05) is 19.6 Å². The molecule has 0 saturated carbocycles. The number of benzene rings is 1. The summed E-state index contributed by atoms with van der Waals surface area (Å²) in [5.74, 6) is 0.201. The molecule has 0 aliphatic carbocycles. The van der Waals surface area contributed by atoms with E-state index in [-0.39, 0.29) is 18.3 Å². The zero-order valence-electron chi connectivity index (χ0n) is 12.7. The van der Waals surface area contributed by atoms with E-state index in [1.807, 2.05) is 12.1 Å². The van der Waals surface area contributed by atoms with Crippen LogP contribution in [0.2, 0.25) is 0 Å². The summed E-state index contributed by atoms with van der Waals surface area (Å²) in [6.45, 7) is 7.09. The van der Waals surface area contributed by atoms with E-state index >= 15 is 0 Å². The summed E-state index contributed by atoms with van der Waals surface area (Å²) in [4.78, 5) is 15.0. The summed E-state index contributed by atoms with van der Waals surface area (Å²) in [6.07, 6.45) is 3.14. The largest absolute Gasteiger partial charge is 0.336 e. The van der Waals surface area contributed by atoms with Crippen molar-refractivity contribution in [2.24, 2.45) is 0 Å². The fourth-order valence-electron chi connectivity index (χ4n) is 2.78. The Kier molecular flexibility index (Phi) is 7.98. The molecule has 1 heterocycles. The van der Waals surface area contributed by atoms with Crippen LogP contribution >= 0.6 is 35.0 Å². The first-order valence-corrected chi connectivity index (χ1v) is 8.49. The van der Waals surface area contributed by atoms with Gasteiger partial charge >= 0.3 is 0 Å². The summed E-state index contributed by atoms with van der Waals surface area (Å²) in [7, 11) is 0. The van der Waals surface area contributed by atoms with Gasteiger partial charge in [-0.25, -0.2) is 0 Å². The molecule has 21 heavy (non-hydrogen) atoms. The van der Waals surface area contributed by atoms with Gasteiger partial charge in [0.25, 0.3) is 5.91 Å². The number of hydrogen-bond acceptors (Lipinski definition) is 2. The maximum atomic E-state index is 12.9. The van der Waals surface area contributed by atoms with Crippen molar-refractivity contribution in [3.63, 3.8) is 0 Å². The van der Waals surface area contributed by atoms with Crippen molar-refractivity contribution < 1.29 is 4.79 Å². The Morgan fingerprint density at radius 3 is 2.67 bits per heavy atom. The Morgan fingerprint density at radius 1 is 1.38 bits per heavy atom. The van der Waals surface area contributed by atoms with Crippen molar-refractivity contribution in [3.8, 4) is 0 Å². The Bertz CT molecular complexity index is 475.